The highest BCUT2D eigenvalue weighted by Gasteiger charge is 2.19. The average molecular weight is 322 g/mol. The van der Waals surface area contributed by atoms with Crippen molar-refractivity contribution in [1.82, 2.24) is 0 Å². The van der Waals surface area contributed by atoms with Gasteiger partial charge in [0.25, 0.3) is 0 Å². The first-order valence-corrected chi connectivity index (χ1v) is 6.88. The van der Waals surface area contributed by atoms with Gasteiger partial charge in [-0.1, -0.05) is 17.7 Å². The van der Waals surface area contributed by atoms with Gasteiger partial charge in [0.15, 0.2) is 17.2 Å². The van der Waals surface area contributed by atoms with Gasteiger partial charge in [-0.15, -0.1) is 0 Å². The van der Waals surface area contributed by atoms with E-state index in [1.165, 1.54) is 6.07 Å². The van der Waals surface area contributed by atoms with E-state index in [-0.39, 0.29) is 24.8 Å². The Morgan fingerprint density at radius 3 is 2.91 bits per heavy atom. The van der Waals surface area contributed by atoms with Crippen LogP contribution in [0.4, 0.5) is 5.69 Å². The molecule has 1 heterocycles. The SMILES string of the molecule is Cc1ccc(OCc2cc(Cl)c3c(c2)OCO3)c([N+](=O)[O-])c1. The highest BCUT2D eigenvalue weighted by molar-refractivity contribution is 6.32. The third kappa shape index (κ3) is 2.78. The van der Waals surface area contributed by atoms with Crippen LogP contribution < -0.4 is 14.2 Å². The monoisotopic (exact) mass is 321 g/mol. The van der Waals surface area contributed by atoms with Crippen LogP contribution in [-0.2, 0) is 6.61 Å². The Labute approximate surface area is 131 Å². The predicted octanol–water partition coefficient (Wildman–Crippen LogP) is 3.86. The van der Waals surface area contributed by atoms with Crippen molar-refractivity contribution < 1.29 is 19.1 Å². The maximum absolute atomic E-state index is 11.1. The number of nitro benzene ring substituents is 1. The van der Waals surface area contributed by atoms with Gasteiger partial charge in [0.2, 0.25) is 6.79 Å². The van der Waals surface area contributed by atoms with Crippen molar-refractivity contribution in [1.29, 1.82) is 0 Å². The number of ether oxygens (including phenoxy) is 3. The van der Waals surface area contributed by atoms with Crippen molar-refractivity contribution in [2.75, 3.05) is 6.79 Å². The average Bonchev–Trinajstić information content (AvgIpc) is 2.94. The third-order valence-corrected chi connectivity index (χ3v) is 3.47. The van der Waals surface area contributed by atoms with Crippen LogP contribution in [0.3, 0.4) is 0 Å². The lowest BCUT2D eigenvalue weighted by Gasteiger charge is -2.09. The molecule has 0 atom stereocenters. The second kappa shape index (κ2) is 5.73. The Morgan fingerprint density at radius 1 is 1.32 bits per heavy atom. The van der Waals surface area contributed by atoms with Crippen LogP contribution in [0, 0.1) is 17.0 Å². The zero-order valence-electron chi connectivity index (χ0n) is 11.7. The molecular weight excluding hydrogens is 310 g/mol. The first-order valence-electron chi connectivity index (χ1n) is 6.50. The lowest BCUT2D eigenvalue weighted by molar-refractivity contribution is -0.386. The number of hydrogen-bond acceptors (Lipinski definition) is 5. The van der Waals surface area contributed by atoms with E-state index in [1.54, 1.807) is 31.2 Å². The molecule has 0 amide bonds. The molecule has 1 aliphatic heterocycles. The van der Waals surface area contributed by atoms with Crippen LogP contribution in [0.25, 0.3) is 0 Å². The van der Waals surface area contributed by atoms with E-state index in [1.807, 2.05) is 0 Å². The number of fused-ring (bicyclic) bond motifs is 1. The zero-order chi connectivity index (χ0) is 15.7. The molecule has 7 heteroatoms. The van der Waals surface area contributed by atoms with Crippen molar-refractivity contribution >= 4 is 17.3 Å². The van der Waals surface area contributed by atoms with Crippen LogP contribution in [0.1, 0.15) is 11.1 Å². The molecule has 22 heavy (non-hydrogen) atoms. The summed E-state index contributed by atoms with van der Waals surface area (Å²) < 4.78 is 16.1. The first-order chi connectivity index (χ1) is 10.5. The summed E-state index contributed by atoms with van der Waals surface area (Å²) >= 11 is 6.09. The van der Waals surface area contributed by atoms with E-state index < -0.39 is 4.92 Å². The van der Waals surface area contributed by atoms with E-state index >= 15 is 0 Å². The van der Waals surface area contributed by atoms with E-state index in [9.17, 15) is 10.1 Å². The summed E-state index contributed by atoms with van der Waals surface area (Å²) in [4.78, 5) is 10.6. The molecule has 0 bridgehead atoms. The molecule has 0 aliphatic carbocycles. The van der Waals surface area contributed by atoms with Crippen LogP contribution in [0.5, 0.6) is 17.2 Å². The number of nitrogens with zero attached hydrogens (tertiary/aromatic N) is 1. The maximum Gasteiger partial charge on any atom is 0.311 e. The largest absolute Gasteiger partial charge is 0.482 e. The predicted molar refractivity (Wildman–Crippen MR) is 79.7 cm³/mol. The quantitative estimate of drug-likeness (QED) is 0.631. The molecule has 0 spiro atoms. The lowest BCUT2D eigenvalue weighted by atomic mass is 10.2. The Balaban J connectivity index is 1.81. The van der Waals surface area contributed by atoms with Crippen molar-refractivity contribution in [3.63, 3.8) is 0 Å². The summed E-state index contributed by atoms with van der Waals surface area (Å²) in [6.07, 6.45) is 0. The van der Waals surface area contributed by atoms with Crippen LogP contribution in [0.2, 0.25) is 5.02 Å². The van der Waals surface area contributed by atoms with Crippen molar-refractivity contribution in [3.05, 3.63) is 56.6 Å². The van der Waals surface area contributed by atoms with Gasteiger partial charge >= 0.3 is 5.69 Å². The maximum atomic E-state index is 11.1. The molecular formula is C15H12ClNO5. The molecule has 0 saturated carbocycles. The summed E-state index contributed by atoms with van der Waals surface area (Å²) in [6.45, 7) is 2.05. The van der Waals surface area contributed by atoms with E-state index in [0.29, 0.717) is 16.5 Å². The Morgan fingerprint density at radius 2 is 2.14 bits per heavy atom. The van der Waals surface area contributed by atoms with Gasteiger partial charge in [0, 0.05) is 6.07 Å². The molecule has 0 N–H and O–H groups in total. The summed E-state index contributed by atoms with van der Waals surface area (Å²) in [5.41, 5.74) is 1.47. The fourth-order valence-corrected chi connectivity index (χ4v) is 2.45. The minimum absolute atomic E-state index is 0.0631. The van der Waals surface area contributed by atoms with Gasteiger partial charge in [-0.25, -0.2) is 0 Å². The summed E-state index contributed by atoms with van der Waals surface area (Å²) in [5, 5.41) is 11.5. The first kappa shape index (κ1) is 14.5. The summed E-state index contributed by atoms with van der Waals surface area (Å²) in [6, 6.07) is 8.25. The Kier molecular flexibility index (Phi) is 3.77. The van der Waals surface area contributed by atoms with Crippen molar-refractivity contribution in [2.45, 2.75) is 13.5 Å². The molecule has 0 aromatic heterocycles. The summed E-state index contributed by atoms with van der Waals surface area (Å²) in [5.74, 6) is 1.26. The normalized spacial score (nSPS) is 12.3. The Hall–Kier alpha value is -2.47. The molecule has 0 saturated heterocycles. The van der Waals surface area contributed by atoms with Crippen LogP contribution >= 0.6 is 11.6 Å². The molecule has 0 fully saturated rings. The standard InChI is InChI=1S/C15H12ClNO5/c1-9-2-3-13(12(4-9)17(18)19)20-7-10-5-11(16)15-14(6-10)21-8-22-15/h2-6H,7-8H2,1H3. The van der Waals surface area contributed by atoms with Gasteiger partial charge < -0.3 is 14.2 Å². The minimum atomic E-state index is -0.463. The zero-order valence-corrected chi connectivity index (χ0v) is 12.4. The lowest BCUT2D eigenvalue weighted by Crippen LogP contribution is -1.99. The second-order valence-corrected chi connectivity index (χ2v) is 5.24. The number of aryl methyl sites for hydroxylation is 1. The van der Waals surface area contributed by atoms with Gasteiger partial charge in [-0.3, -0.25) is 10.1 Å². The summed E-state index contributed by atoms with van der Waals surface area (Å²) in [7, 11) is 0. The molecule has 2 aromatic rings. The third-order valence-electron chi connectivity index (χ3n) is 3.19. The Bertz CT molecular complexity index is 747. The number of nitro groups is 1. The van der Waals surface area contributed by atoms with Gasteiger partial charge in [0.05, 0.1) is 9.95 Å². The van der Waals surface area contributed by atoms with E-state index in [2.05, 4.69) is 0 Å². The van der Waals surface area contributed by atoms with Gasteiger partial charge in [-0.2, -0.15) is 0 Å². The van der Waals surface area contributed by atoms with E-state index in [4.69, 9.17) is 25.8 Å². The fraction of sp³-hybridized carbons (Fsp3) is 0.200. The molecule has 0 radical (unpaired) electrons. The van der Waals surface area contributed by atoms with E-state index in [0.717, 1.165) is 11.1 Å². The number of benzene rings is 2. The molecule has 0 unspecified atom stereocenters. The molecule has 114 valence electrons. The highest BCUT2D eigenvalue weighted by atomic mass is 35.5. The van der Waals surface area contributed by atoms with Gasteiger partial charge in [-0.05, 0) is 36.2 Å². The van der Waals surface area contributed by atoms with Crippen molar-refractivity contribution in [3.8, 4) is 17.2 Å². The second-order valence-electron chi connectivity index (χ2n) is 4.83. The molecule has 6 nitrogen and oxygen atoms in total. The fourth-order valence-electron chi connectivity index (χ4n) is 2.16. The minimum Gasteiger partial charge on any atom is -0.482 e. The number of halogens is 1. The van der Waals surface area contributed by atoms with Crippen LogP contribution in [0.15, 0.2) is 30.3 Å². The molecule has 1 aliphatic rings. The smallest absolute Gasteiger partial charge is 0.311 e. The molecule has 2 aromatic carbocycles. The highest BCUT2D eigenvalue weighted by Crippen LogP contribution is 2.40. The van der Waals surface area contributed by atoms with Crippen molar-refractivity contribution in [2.24, 2.45) is 0 Å². The van der Waals surface area contributed by atoms with Gasteiger partial charge in [0.1, 0.15) is 6.61 Å². The van der Waals surface area contributed by atoms with Crippen LogP contribution in [-0.4, -0.2) is 11.7 Å². The number of rotatable bonds is 4. The topological polar surface area (TPSA) is 70.8 Å². The number of hydrogen-bond donors (Lipinski definition) is 0. The molecule has 3 rings (SSSR count).